The molecule has 2 aliphatic carbocycles. The number of aromatic nitrogens is 4. The SMILES string of the molecule is C[C@H]1CCCC[C@H]1NC(=O)C1CCN(c2c3c(nc4ncnn24)CCC3)CC1. The molecule has 1 amide bonds. The number of nitrogens with zero attached hydrogens (tertiary/aromatic N) is 5. The maximum absolute atomic E-state index is 12.8. The van der Waals surface area contributed by atoms with Gasteiger partial charge in [0.25, 0.3) is 5.78 Å². The topological polar surface area (TPSA) is 75.4 Å². The van der Waals surface area contributed by atoms with Gasteiger partial charge in [0.15, 0.2) is 0 Å². The zero-order valence-corrected chi connectivity index (χ0v) is 16.7. The third-order valence-electron chi connectivity index (χ3n) is 7.03. The Morgan fingerprint density at radius 3 is 2.75 bits per heavy atom. The summed E-state index contributed by atoms with van der Waals surface area (Å²) in [4.78, 5) is 24.3. The predicted molar refractivity (Wildman–Crippen MR) is 107 cm³/mol. The van der Waals surface area contributed by atoms with Gasteiger partial charge in [-0.3, -0.25) is 4.79 Å². The van der Waals surface area contributed by atoms with Crippen LogP contribution >= 0.6 is 0 Å². The van der Waals surface area contributed by atoms with Crippen LogP contribution < -0.4 is 10.2 Å². The van der Waals surface area contributed by atoms with Gasteiger partial charge in [0.05, 0.1) is 5.69 Å². The average Bonchev–Trinajstić information content (AvgIpc) is 3.37. The Morgan fingerprint density at radius 1 is 1.11 bits per heavy atom. The highest BCUT2D eigenvalue weighted by molar-refractivity contribution is 5.79. The number of hydrogen-bond donors (Lipinski definition) is 1. The largest absolute Gasteiger partial charge is 0.356 e. The summed E-state index contributed by atoms with van der Waals surface area (Å²) in [7, 11) is 0. The Balaban J connectivity index is 1.28. The molecule has 2 aromatic heterocycles. The van der Waals surface area contributed by atoms with Gasteiger partial charge in [-0.05, 0) is 50.9 Å². The van der Waals surface area contributed by atoms with E-state index in [-0.39, 0.29) is 11.8 Å². The van der Waals surface area contributed by atoms with Crippen molar-refractivity contribution in [2.45, 2.75) is 70.8 Å². The van der Waals surface area contributed by atoms with Gasteiger partial charge in [-0.15, -0.1) is 0 Å². The van der Waals surface area contributed by atoms with Crippen LogP contribution in [0.3, 0.4) is 0 Å². The Hall–Kier alpha value is -2.18. The standard InChI is InChI=1S/C21H30N6O/c1-14-5-2-3-7-17(14)24-19(28)15-9-11-26(12-10-15)20-16-6-4-8-18(16)25-21-22-13-23-27(20)21/h13-15,17H,2-12H2,1H3,(H,24,28)/t14-,17+/m0/s1. The van der Waals surface area contributed by atoms with Gasteiger partial charge in [0.1, 0.15) is 12.1 Å². The van der Waals surface area contributed by atoms with Crippen LogP contribution in [0.25, 0.3) is 5.78 Å². The molecular weight excluding hydrogens is 352 g/mol. The van der Waals surface area contributed by atoms with E-state index in [0.717, 1.165) is 57.4 Å². The van der Waals surface area contributed by atoms with Crippen LogP contribution in [0.15, 0.2) is 6.33 Å². The summed E-state index contributed by atoms with van der Waals surface area (Å²) >= 11 is 0. The van der Waals surface area contributed by atoms with Gasteiger partial charge >= 0.3 is 0 Å². The van der Waals surface area contributed by atoms with Crippen molar-refractivity contribution < 1.29 is 4.79 Å². The normalized spacial score (nSPS) is 25.8. The van der Waals surface area contributed by atoms with Crippen molar-refractivity contribution in [1.82, 2.24) is 24.9 Å². The van der Waals surface area contributed by atoms with Crippen LogP contribution in [0.5, 0.6) is 0 Å². The molecule has 2 atom stereocenters. The minimum atomic E-state index is 0.131. The molecule has 2 fully saturated rings. The summed E-state index contributed by atoms with van der Waals surface area (Å²) in [6.45, 7) is 4.06. The van der Waals surface area contributed by atoms with Crippen molar-refractivity contribution in [3.63, 3.8) is 0 Å². The fourth-order valence-corrected chi connectivity index (χ4v) is 5.31. The lowest BCUT2D eigenvalue weighted by Gasteiger charge is -2.36. The van der Waals surface area contributed by atoms with Gasteiger partial charge in [-0.1, -0.05) is 19.8 Å². The number of hydrogen-bond acceptors (Lipinski definition) is 5. The number of carbonyl (C=O) groups excluding carboxylic acids is 1. The first-order chi connectivity index (χ1) is 13.7. The maximum atomic E-state index is 12.8. The zero-order valence-electron chi connectivity index (χ0n) is 16.7. The molecule has 5 rings (SSSR count). The van der Waals surface area contributed by atoms with Crippen molar-refractivity contribution >= 4 is 17.5 Å². The Bertz CT molecular complexity index is 869. The molecule has 7 heteroatoms. The van der Waals surface area contributed by atoms with E-state index in [1.165, 1.54) is 30.5 Å². The number of anilines is 1. The van der Waals surface area contributed by atoms with Crippen molar-refractivity contribution in [1.29, 1.82) is 0 Å². The quantitative estimate of drug-likeness (QED) is 0.883. The molecule has 1 saturated heterocycles. The molecule has 1 N–H and O–H groups in total. The molecular formula is C21H30N6O. The molecule has 0 bridgehead atoms. The monoisotopic (exact) mass is 382 g/mol. The number of nitrogens with one attached hydrogen (secondary N) is 1. The molecule has 150 valence electrons. The first kappa shape index (κ1) is 17.9. The first-order valence-corrected chi connectivity index (χ1v) is 11.0. The second-order valence-corrected chi connectivity index (χ2v) is 8.82. The Morgan fingerprint density at radius 2 is 1.93 bits per heavy atom. The van der Waals surface area contributed by atoms with Gasteiger partial charge in [-0.25, -0.2) is 4.98 Å². The van der Waals surface area contributed by atoms with E-state index < -0.39 is 0 Å². The zero-order chi connectivity index (χ0) is 19.1. The molecule has 0 unspecified atom stereocenters. The number of aryl methyl sites for hydroxylation is 1. The van der Waals surface area contributed by atoms with E-state index in [9.17, 15) is 4.79 Å². The number of piperidine rings is 1. The van der Waals surface area contributed by atoms with Crippen molar-refractivity contribution in [2.75, 3.05) is 18.0 Å². The molecule has 7 nitrogen and oxygen atoms in total. The number of carbonyl (C=O) groups is 1. The molecule has 0 spiro atoms. The second kappa shape index (κ2) is 7.33. The minimum absolute atomic E-state index is 0.131. The van der Waals surface area contributed by atoms with Crippen LogP contribution in [0, 0.1) is 11.8 Å². The van der Waals surface area contributed by atoms with E-state index in [0.29, 0.717) is 17.7 Å². The third kappa shape index (κ3) is 3.14. The highest BCUT2D eigenvalue weighted by atomic mass is 16.2. The fraction of sp³-hybridized carbons (Fsp3) is 0.714. The lowest BCUT2D eigenvalue weighted by Crippen LogP contribution is -2.47. The second-order valence-electron chi connectivity index (χ2n) is 8.82. The van der Waals surface area contributed by atoms with Crippen LogP contribution in [0.2, 0.25) is 0 Å². The highest BCUT2D eigenvalue weighted by Crippen LogP contribution is 2.33. The number of rotatable bonds is 3. The molecule has 28 heavy (non-hydrogen) atoms. The van der Waals surface area contributed by atoms with Gasteiger partial charge in [0, 0.05) is 30.6 Å². The molecule has 1 aliphatic heterocycles. The highest BCUT2D eigenvalue weighted by Gasteiger charge is 2.32. The average molecular weight is 383 g/mol. The number of amides is 1. The van der Waals surface area contributed by atoms with E-state index in [1.807, 2.05) is 4.52 Å². The van der Waals surface area contributed by atoms with Crippen molar-refractivity contribution in [3.8, 4) is 0 Å². The molecule has 2 aromatic rings. The Kier molecular flexibility index (Phi) is 4.69. The van der Waals surface area contributed by atoms with Crippen LogP contribution in [-0.2, 0) is 17.6 Å². The van der Waals surface area contributed by atoms with Crippen LogP contribution in [-0.4, -0.2) is 44.6 Å². The summed E-state index contributed by atoms with van der Waals surface area (Å²) in [6, 6.07) is 0.373. The van der Waals surface area contributed by atoms with Gasteiger partial charge in [-0.2, -0.15) is 14.6 Å². The summed E-state index contributed by atoms with van der Waals surface area (Å²) in [6.07, 6.45) is 11.6. The fourth-order valence-electron chi connectivity index (χ4n) is 5.31. The van der Waals surface area contributed by atoms with Crippen LogP contribution in [0.4, 0.5) is 5.82 Å². The Labute approximate surface area is 165 Å². The number of fused-ring (bicyclic) bond motifs is 2. The smallest absolute Gasteiger partial charge is 0.254 e. The summed E-state index contributed by atoms with van der Waals surface area (Å²) in [5.74, 6) is 2.87. The molecule has 0 aromatic carbocycles. The van der Waals surface area contributed by atoms with E-state index in [2.05, 4.69) is 32.2 Å². The first-order valence-electron chi connectivity index (χ1n) is 11.0. The molecule has 3 heterocycles. The van der Waals surface area contributed by atoms with Crippen molar-refractivity contribution in [2.24, 2.45) is 11.8 Å². The lowest BCUT2D eigenvalue weighted by molar-refractivity contribution is -0.126. The maximum Gasteiger partial charge on any atom is 0.254 e. The molecule has 1 saturated carbocycles. The minimum Gasteiger partial charge on any atom is -0.356 e. The van der Waals surface area contributed by atoms with Gasteiger partial charge in [0.2, 0.25) is 5.91 Å². The van der Waals surface area contributed by atoms with Crippen LogP contribution in [0.1, 0.15) is 63.1 Å². The lowest BCUT2D eigenvalue weighted by atomic mass is 9.85. The van der Waals surface area contributed by atoms with E-state index in [4.69, 9.17) is 0 Å². The summed E-state index contributed by atoms with van der Waals surface area (Å²) < 4.78 is 1.90. The molecule has 3 aliphatic rings. The van der Waals surface area contributed by atoms with Crippen molar-refractivity contribution in [3.05, 3.63) is 17.6 Å². The predicted octanol–water partition coefficient (Wildman–Crippen LogP) is 2.52. The van der Waals surface area contributed by atoms with Gasteiger partial charge < -0.3 is 10.2 Å². The summed E-state index contributed by atoms with van der Waals surface area (Å²) in [5, 5.41) is 7.80. The van der Waals surface area contributed by atoms with E-state index >= 15 is 0 Å². The summed E-state index contributed by atoms with van der Waals surface area (Å²) in [5.41, 5.74) is 2.51. The molecule has 0 radical (unpaired) electrons. The third-order valence-corrected chi connectivity index (χ3v) is 7.03. The van der Waals surface area contributed by atoms with E-state index in [1.54, 1.807) is 6.33 Å².